The Bertz CT molecular complexity index is 1040. The second-order valence-electron chi connectivity index (χ2n) is 7.79. The van der Waals surface area contributed by atoms with E-state index >= 15 is 0 Å². The van der Waals surface area contributed by atoms with E-state index in [1.807, 2.05) is 23.1 Å². The number of carbonyl (C=O) groups excluding carboxylic acids is 3. The number of amides is 4. The van der Waals surface area contributed by atoms with E-state index in [9.17, 15) is 14.4 Å². The summed E-state index contributed by atoms with van der Waals surface area (Å²) < 4.78 is 10.9. The summed E-state index contributed by atoms with van der Waals surface area (Å²) in [7, 11) is 0. The maximum atomic E-state index is 12.6. The Hall–Kier alpha value is -3.30. The van der Waals surface area contributed by atoms with Crippen LogP contribution in [0.1, 0.15) is 5.56 Å². The summed E-state index contributed by atoms with van der Waals surface area (Å²) in [6.07, 6.45) is 0.250. The standard InChI is InChI=1S/C23H25ClN4O5/c24-18-4-2-1-3-16(18)13-22(30)28-9-7-27(8-10-28)15-21(29)26-23(31)25-17-5-6-19-20(14-17)33-12-11-32-19/h1-6,14H,7-13,15H2,(H2,25,26,29,31). The second kappa shape index (κ2) is 10.5. The molecule has 2 N–H and O–H groups in total. The molecule has 2 aromatic carbocycles. The van der Waals surface area contributed by atoms with Crippen LogP contribution in [-0.4, -0.2) is 73.6 Å². The van der Waals surface area contributed by atoms with Crippen molar-refractivity contribution >= 4 is 35.1 Å². The zero-order valence-electron chi connectivity index (χ0n) is 18.0. The lowest BCUT2D eigenvalue weighted by molar-refractivity contribution is -0.132. The van der Waals surface area contributed by atoms with E-state index in [1.165, 1.54) is 0 Å². The van der Waals surface area contributed by atoms with Crippen LogP contribution in [0, 0.1) is 0 Å². The summed E-state index contributed by atoms with van der Waals surface area (Å²) in [5.74, 6) is 0.756. The van der Waals surface area contributed by atoms with E-state index in [-0.39, 0.29) is 18.9 Å². The summed E-state index contributed by atoms with van der Waals surface area (Å²) in [4.78, 5) is 40.7. The third kappa shape index (κ3) is 6.15. The molecule has 0 aliphatic carbocycles. The molecule has 9 nitrogen and oxygen atoms in total. The van der Waals surface area contributed by atoms with Crippen molar-refractivity contribution in [3.8, 4) is 11.5 Å². The molecule has 0 bridgehead atoms. The Morgan fingerprint density at radius 3 is 2.42 bits per heavy atom. The van der Waals surface area contributed by atoms with Crippen LogP contribution in [0.2, 0.25) is 5.02 Å². The van der Waals surface area contributed by atoms with E-state index in [4.69, 9.17) is 21.1 Å². The summed E-state index contributed by atoms with van der Waals surface area (Å²) >= 11 is 6.14. The SMILES string of the molecule is O=C(CN1CCN(C(=O)Cc2ccccc2Cl)CC1)NC(=O)Nc1ccc2c(c1)OCCO2. The van der Waals surface area contributed by atoms with Crippen LogP contribution in [0.5, 0.6) is 11.5 Å². The van der Waals surface area contributed by atoms with Gasteiger partial charge in [0.2, 0.25) is 11.8 Å². The van der Waals surface area contributed by atoms with Gasteiger partial charge in [-0.2, -0.15) is 0 Å². The molecular weight excluding hydrogens is 448 g/mol. The van der Waals surface area contributed by atoms with E-state index in [0.29, 0.717) is 61.6 Å². The quantitative estimate of drug-likeness (QED) is 0.691. The third-order valence-corrected chi connectivity index (χ3v) is 5.81. The van der Waals surface area contributed by atoms with Gasteiger partial charge in [0.1, 0.15) is 13.2 Å². The predicted octanol–water partition coefficient (Wildman–Crippen LogP) is 2.15. The van der Waals surface area contributed by atoms with Crippen molar-refractivity contribution in [3.05, 3.63) is 53.1 Å². The minimum atomic E-state index is -0.620. The molecule has 1 saturated heterocycles. The Labute approximate surface area is 196 Å². The molecule has 0 unspecified atom stereocenters. The minimum absolute atomic E-state index is 0.00556. The molecule has 2 aliphatic rings. The van der Waals surface area contributed by atoms with Crippen LogP contribution >= 0.6 is 11.6 Å². The number of ether oxygens (including phenoxy) is 2. The van der Waals surface area contributed by atoms with Gasteiger partial charge >= 0.3 is 6.03 Å². The van der Waals surface area contributed by atoms with Crippen molar-refractivity contribution in [2.75, 3.05) is 51.3 Å². The number of carbonyl (C=O) groups is 3. The number of benzene rings is 2. The van der Waals surface area contributed by atoms with E-state index in [1.54, 1.807) is 29.2 Å². The molecule has 0 radical (unpaired) electrons. The highest BCUT2D eigenvalue weighted by molar-refractivity contribution is 6.31. The number of imide groups is 1. The molecule has 2 heterocycles. The van der Waals surface area contributed by atoms with Gasteiger partial charge in [0, 0.05) is 43.0 Å². The van der Waals surface area contributed by atoms with Gasteiger partial charge in [-0.15, -0.1) is 0 Å². The summed E-state index contributed by atoms with van der Waals surface area (Å²) in [6.45, 7) is 3.12. The number of hydrogen-bond donors (Lipinski definition) is 2. The Kier molecular flexibility index (Phi) is 7.31. The molecule has 0 aromatic heterocycles. The van der Waals surface area contributed by atoms with E-state index < -0.39 is 11.9 Å². The van der Waals surface area contributed by atoms with Crippen molar-refractivity contribution in [1.82, 2.24) is 15.1 Å². The molecule has 174 valence electrons. The molecule has 2 aliphatic heterocycles. The van der Waals surface area contributed by atoms with Gasteiger partial charge in [-0.25, -0.2) is 4.79 Å². The third-order valence-electron chi connectivity index (χ3n) is 5.44. The minimum Gasteiger partial charge on any atom is -0.486 e. The summed E-state index contributed by atoms with van der Waals surface area (Å²) in [5, 5.41) is 5.53. The fourth-order valence-corrected chi connectivity index (χ4v) is 3.93. The molecule has 4 amide bonds. The zero-order chi connectivity index (χ0) is 23.2. The zero-order valence-corrected chi connectivity index (χ0v) is 18.8. The lowest BCUT2D eigenvalue weighted by Crippen LogP contribution is -2.52. The average Bonchev–Trinajstić information content (AvgIpc) is 2.80. The molecule has 4 rings (SSSR count). The number of nitrogens with zero attached hydrogens (tertiary/aromatic N) is 2. The van der Waals surface area contributed by atoms with Gasteiger partial charge in [0.25, 0.3) is 0 Å². The number of nitrogens with one attached hydrogen (secondary N) is 2. The molecule has 0 spiro atoms. The van der Waals surface area contributed by atoms with Gasteiger partial charge in [0.15, 0.2) is 11.5 Å². The van der Waals surface area contributed by atoms with Crippen molar-refractivity contribution in [1.29, 1.82) is 0 Å². The van der Waals surface area contributed by atoms with Gasteiger partial charge < -0.3 is 19.7 Å². The monoisotopic (exact) mass is 472 g/mol. The van der Waals surface area contributed by atoms with E-state index in [0.717, 1.165) is 5.56 Å². The molecule has 0 saturated carbocycles. The molecule has 33 heavy (non-hydrogen) atoms. The molecule has 0 atom stereocenters. The molecule has 1 fully saturated rings. The van der Waals surface area contributed by atoms with Crippen LogP contribution in [0.3, 0.4) is 0 Å². The number of urea groups is 1. The highest BCUT2D eigenvalue weighted by Gasteiger charge is 2.23. The first-order chi connectivity index (χ1) is 16.0. The first-order valence-electron chi connectivity index (χ1n) is 10.7. The largest absolute Gasteiger partial charge is 0.486 e. The average molecular weight is 473 g/mol. The van der Waals surface area contributed by atoms with Crippen molar-refractivity contribution in [2.45, 2.75) is 6.42 Å². The lowest BCUT2D eigenvalue weighted by atomic mass is 10.1. The van der Waals surface area contributed by atoms with Crippen LogP contribution < -0.4 is 20.1 Å². The van der Waals surface area contributed by atoms with Crippen LogP contribution in [0.25, 0.3) is 0 Å². The van der Waals surface area contributed by atoms with Gasteiger partial charge in [-0.1, -0.05) is 29.8 Å². The maximum absolute atomic E-state index is 12.6. The number of hydrogen-bond acceptors (Lipinski definition) is 6. The van der Waals surface area contributed by atoms with Crippen LogP contribution in [0.4, 0.5) is 10.5 Å². The van der Waals surface area contributed by atoms with Gasteiger partial charge in [-0.05, 0) is 23.8 Å². The molecule has 2 aromatic rings. The molecular formula is C23H25ClN4O5. The number of rotatable bonds is 5. The normalized spacial score (nSPS) is 15.6. The van der Waals surface area contributed by atoms with Crippen LogP contribution in [-0.2, 0) is 16.0 Å². The fourth-order valence-electron chi connectivity index (χ4n) is 3.72. The van der Waals surface area contributed by atoms with Crippen LogP contribution in [0.15, 0.2) is 42.5 Å². The molecule has 10 heteroatoms. The Morgan fingerprint density at radius 1 is 0.939 bits per heavy atom. The number of fused-ring (bicyclic) bond motifs is 1. The first-order valence-corrected chi connectivity index (χ1v) is 11.1. The van der Waals surface area contributed by atoms with Gasteiger partial charge in [-0.3, -0.25) is 19.8 Å². The van der Waals surface area contributed by atoms with Crippen molar-refractivity contribution in [2.24, 2.45) is 0 Å². The van der Waals surface area contributed by atoms with Crippen molar-refractivity contribution in [3.63, 3.8) is 0 Å². The smallest absolute Gasteiger partial charge is 0.325 e. The number of halogens is 1. The Morgan fingerprint density at radius 2 is 1.67 bits per heavy atom. The number of piperazine rings is 1. The maximum Gasteiger partial charge on any atom is 0.325 e. The van der Waals surface area contributed by atoms with E-state index in [2.05, 4.69) is 10.6 Å². The number of anilines is 1. The summed E-state index contributed by atoms with van der Waals surface area (Å²) in [5.41, 5.74) is 1.30. The summed E-state index contributed by atoms with van der Waals surface area (Å²) in [6, 6.07) is 11.7. The fraction of sp³-hybridized carbons (Fsp3) is 0.348. The Balaban J connectivity index is 1.19. The topological polar surface area (TPSA) is 100 Å². The van der Waals surface area contributed by atoms with Crippen molar-refractivity contribution < 1.29 is 23.9 Å². The highest BCUT2D eigenvalue weighted by Crippen LogP contribution is 2.32. The first kappa shape index (κ1) is 22.9. The second-order valence-corrected chi connectivity index (χ2v) is 8.19. The highest BCUT2D eigenvalue weighted by atomic mass is 35.5. The van der Waals surface area contributed by atoms with Gasteiger partial charge in [0.05, 0.1) is 13.0 Å². The lowest BCUT2D eigenvalue weighted by Gasteiger charge is -2.34. The predicted molar refractivity (Wildman–Crippen MR) is 123 cm³/mol.